The van der Waals surface area contributed by atoms with Gasteiger partial charge in [0, 0.05) is 6.21 Å². The number of aromatic nitrogens is 4. The van der Waals surface area contributed by atoms with Gasteiger partial charge in [-0.25, -0.2) is 4.98 Å². The maximum Gasteiger partial charge on any atom is 0.320 e. The molecule has 0 spiro atoms. The fraction of sp³-hybridized carbons (Fsp3) is 0.250. The quantitative estimate of drug-likeness (QED) is 0.668. The van der Waals surface area contributed by atoms with Gasteiger partial charge in [0.2, 0.25) is 0 Å². The summed E-state index contributed by atoms with van der Waals surface area (Å²) in [6, 6.07) is 0.239. The molecule has 1 aliphatic rings. The highest BCUT2D eigenvalue weighted by Crippen LogP contribution is 2.20. The molecular weight excluding hydrogens is 308 g/mol. The number of fused-ring (bicyclic) bond motifs is 1. The molecule has 1 aliphatic heterocycles. The van der Waals surface area contributed by atoms with Crippen molar-refractivity contribution in [2.24, 2.45) is 4.99 Å². The predicted octanol–water partition coefficient (Wildman–Crippen LogP) is 1.86. The van der Waals surface area contributed by atoms with Gasteiger partial charge in [-0.05, 0) is 6.42 Å². The Morgan fingerprint density at radius 3 is 3.12 bits per heavy atom. The smallest absolute Gasteiger partial charge is 0.320 e. The Kier molecular flexibility index (Phi) is 4.85. The summed E-state index contributed by atoms with van der Waals surface area (Å²) in [7, 11) is 0. The van der Waals surface area contributed by atoms with Gasteiger partial charge in [0.05, 0.1) is 25.2 Å². The van der Waals surface area contributed by atoms with Gasteiger partial charge in [0.15, 0.2) is 17.0 Å². The van der Waals surface area contributed by atoms with Crippen molar-refractivity contribution in [3.05, 3.63) is 43.1 Å². The van der Waals surface area contributed by atoms with Crippen LogP contribution in [0.2, 0.25) is 0 Å². The Hall–Kier alpha value is -3.16. The first-order chi connectivity index (χ1) is 11.8. The van der Waals surface area contributed by atoms with Crippen molar-refractivity contribution in [3.63, 3.8) is 0 Å². The largest absolute Gasteiger partial charge is 0.495 e. The second kappa shape index (κ2) is 7.40. The van der Waals surface area contributed by atoms with E-state index in [9.17, 15) is 0 Å². The lowest BCUT2D eigenvalue weighted by molar-refractivity contribution is 0.281. The number of nitrogen functional groups attached to an aromatic ring is 1. The number of imidazole rings is 1. The van der Waals surface area contributed by atoms with Crippen LogP contribution in [0.25, 0.3) is 11.2 Å². The summed E-state index contributed by atoms with van der Waals surface area (Å²) in [5, 5.41) is 0. The molecule has 3 rings (SSSR count). The van der Waals surface area contributed by atoms with Crippen LogP contribution in [0.4, 0.5) is 5.82 Å². The highest BCUT2D eigenvalue weighted by molar-refractivity contribution is 5.82. The Morgan fingerprint density at radius 1 is 1.33 bits per heavy atom. The normalized spacial score (nSPS) is 15.8. The van der Waals surface area contributed by atoms with E-state index >= 15 is 0 Å². The van der Waals surface area contributed by atoms with E-state index in [0.717, 1.165) is 6.42 Å². The Balaban J connectivity index is 2.02. The standard InChI is InChI=1S/C16H18N6O2/c1-2-6-18-12-9-22-11-19-13-14(17)20-16(21-15(13)22)24-8-5-3-4-7-23-10-12/h2-4,6,10-11H,1,5,7-9H2,(H2,17,20,21). The summed E-state index contributed by atoms with van der Waals surface area (Å²) >= 11 is 0. The lowest BCUT2D eigenvalue weighted by Gasteiger charge is -2.08. The third-order valence-electron chi connectivity index (χ3n) is 3.24. The third kappa shape index (κ3) is 3.60. The fourth-order valence-electron chi connectivity index (χ4n) is 2.16. The van der Waals surface area contributed by atoms with Crippen LogP contribution in [0.1, 0.15) is 6.42 Å². The second-order valence-electron chi connectivity index (χ2n) is 5.00. The zero-order valence-electron chi connectivity index (χ0n) is 13.1. The van der Waals surface area contributed by atoms with Crippen LogP contribution < -0.4 is 10.5 Å². The van der Waals surface area contributed by atoms with Gasteiger partial charge in [0.25, 0.3) is 0 Å². The predicted molar refractivity (Wildman–Crippen MR) is 91.7 cm³/mol. The number of hydrogen-bond donors (Lipinski definition) is 1. The molecule has 2 aromatic heterocycles. The number of ether oxygens (including phenoxy) is 2. The second-order valence-corrected chi connectivity index (χ2v) is 5.00. The number of anilines is 1. The van der Waals surface area contributed by atoms with Crippen LogP contribution in [0.5, 0.6) is 6.01 Å². The van der Waals surface area contributed by atoms with Crippen LogP contribution in [0.3, 0.4) is 0 Å². The summed E-state index contributed by atoms with van der Waals surface area (Å²) < 4.78 is 12.9. The van der Waals surface area contributed by atoms with E-state index < -0.39 is 0 Å². The number of nitrogens with zero attached hydrogens (tertiary/aromatic N) is 5. The van der Waals surface area contributed by atoms with Gasteiger partial charge < -0.3 is 19.8 Å². The van der Waals surface area contributed by atoms with E-state index in [-0.39, 0.29) is 11.8 Å². The third-order valence-corrected chi connectivity index (χ3v) is 3.24. The Labute approximate surface area is 139 Å². The summed E-state index contributed by atoms with van der Waals surface area (Å²) in [6.45, 7) is 4.97. The highest BCUT2D eigenvalue weighted by Gasteiger charge is 2.13. The van der Waals surface area contributed by atoms with E-state index in [1.54, 1.807) is 24.9 Å². The fourth-order valence-corrected chi connectivity index (χ4v) is 2.16. The van der Waals surface area contributed by atoms with Gasteiger partial charge in [-0.3, -0.25) is 4.99 Å². The number of rotatable bonds is 2. The molecule has 24 heavy (non-hydrogen) atoms. The molecule has 0 aromatic carbocycles. The van der Waals surface area contributed by atoms with E-state index in [4.69, 9.17) is 15.2 Å². The molecule has 0 radical (unpaired) electrons. The molecule has 0 amide bonds. The molecule has 2 N–H and O–H groups in total. The van der Waals surface area contributed by atoms with Gasteiger partial charge in [0.1, 0.15) is 12.9 Å². The van der Waals surface area contributed by atoms with Gasteiger partial charge >= 0.3 is 6.01 Å². The van der Waals surface area contributed by atoms with Crippen molar-refractivity contribution in [1.82, 2.24) is 19.5 Å². The molecule has 0 atom stereocenters. The van der Waals surface area contributed by atoms with Crippen molar-refractivity contribution in [2.45, 2.75) is 13.0 Å². The van der Waals surface area contributed by atoms with Gasteiger partial charge in [-0.15, -0.1) is 0 Å². The summed E-state index contributed by atoms with van der Waals surface area (Å²) in [4.78, 5) is 17.1. The molecule has 8 nitrogen and oxygen atoms in total. The van der Waals surface area contributed by atoms with Gasteiger partial charge in [-0.1, -0.05) is 24.8 Å². The van der Waals surface area contributed by atoms with Crippen molar-refractivity contribution in [1.29, 1.82) is 0 Å². The van der Waals surface area contributed by atoms with E-state index in [2.05, 4.69) is 26.5 Å². The van der Waals surface area contributed by atoms with Gasteiger partial charge in [-0.2, -0.15) is 9.97 Å². The van der Waals surface area contributed by atoms with Crippen LogP contribution in [-0.4, -0.2) is 38.9 Å². The maximum absolute atomic E-state index is 5.95. The van der Waals surface area contributed by atoms with Crippen molar-refractivity contribution in [2.75, 3.05) is 18.9 Å². The molecule has 0 unspecified atom stereocenters. The van der Waals surface area contributed by atoms with Crippen LogP contribution in [0, 0.1) is 0 Å². The summed E-state index contributed by atoms with van der Waals surface area (Å²) in [5.74, 6) is 0.285. The average Bonchev–Trinajstić information content (AvgIpc) is 2.97. The molecule has 8 heteroatoms. The summed E-state index contributed by atoms with van der Waals surface area (Å²) in [6.07, 6.45) is 11.1. The number of hydrogen-bond acceptors (Lipinski definition) is 7. The Bertz CT molecular complexity index is 821. The molecule has 3 heterocycles. The Morgan fingerprint density at radius 2 is 2.25 bits per heavy atom. The first kappa shape index (κ1) is 15.7. The average molecular weight is 326 g/mol. The van der Waals surface area contributed by atoms with Crippen molar-refractivity contribution >= 4 is 23.2 Å². The molecule has 0 aliphatic carbocycles. The monoisotopic (exact) mass is 326 g/mol. The van der Waals surface area contributed by atoms with Crippen molar-refractivity contribution in [3.8, 4) is 6.01 Å². The minimum atomic E-state index is 0.239. The first-order valence-electron chi connectivity index (χ1n) is 7.50. The number of nitrogens with two attached hydrogens (primary N) is 1. The molecule has 0 saturated heterocycles. The first-order valence-corrected chi connectivity index (χ1v) is 7.50. The molecule has 124 valence electrons. The minimum absolute atomic E-state index is 0.239. The molecule has 2 aromatic rings. The molecule has 0 fully saturated rings. The SMILES string of the molecule is C=CC=NC1=COCC=CCCOc2nc(N)c3ncn(c3n2)C1. The summed E-state index contributed by atoms with van der Waals surface area (Å²) in [5.41, 5.74) is 7.76. The number of allylic oxidation sites excluding steroid dienone is 2. The van der Waals surface area contributed by atoms with E-state index in [0.29, 0.717) is 36.6 Å². The number of aliphatic imine (C=N–C) groups is 1. The van der Waals surface area contributed by atoms with E-state index in [1.165, 1.54) is 0 Å². The lowest BCUT2D eigenvalue weighted by Crippen LogP contribution is -2.06. The maximum atomic E-state index is 5.95. The van der Waals surface area contributed by atoms with Crippen LogP contribution >= 0.6 is 0 Å². The lowest BCUT2D eigenvalue weighted by atomic mass is 10.4. The zero-order chi connectivity index (χ0) is 16.8. The minimum Gasteiger partial charge on any atom is -0.495 e. The molecule has 2 bridgehead atoms. The topological polar surface area (TPSA) is 100 Å². The zero-order valence-corrected chi connectivity index (χ0v) is 13.1. The van der Waals surface area contributed by atoms with Crippen LogP contribution in [-0.2, 0) is 11.3 Å². The highest BCUT2D eigenvalue weighted by atomic mass is 16.5. The molecule has 0 saturated carbocycles. The molecular formula is C16H18N6O2. The van der Waals surface area contributed by atoms with E-state index in [1.807, 2.05) is 16.7 Å². The van der Waals surface area contributed by atoms with Crippen LogP contribution in [0.15, 0.2) is 48.1 Å². The van der Waals surface area contributed by atoms with Crippen molar-refractivity contribution < 1.29 is 9.47 Å².